The topological polar surface area (TPSA) is 122 Å². The van der Waals surface area contributed by atoms with Crippen molar-refractivity contribution in [3.05, 3.63) is 71.6 Å². The number of nitrogens with zero attached hydrogens (tertiary/aromatic N) is 1. The van der Waals surface area contributed by atoms with E-state index in [4.69, 9.17) is 14.6 Å². The fourth-order valence-electron chi connectivity index (χ4n) is 3.20. The lowest BCUT2D eigenvalue weighted by atomic mass is 10.0. The lowest BCUT2D eigenvalue weighted by Crippen LogP contribution is -2.54. The van der Waals surface area contributed by atoms with Gasteiger partial charge in [-0.05, 0) is 42.3 Å². The Hall–Kier alpha value is -4.47. The lowest BCUT2D eigenvalue weighted by molar-refractivity contribution is -0.139. The number of carboxylic acid groups (broad SMARTS) is 1. The van der Waals surface area contributed by atoms with Crippen LogP contribution in [-0.2, 0) is 20.8 Å². The van der Waals surface area contributed by atoms with E-state index in [9.17, 15) is 23.6 Å². The fourth-order valence-corrected chi connectivity index (χ4v) is 3.20. The predicted molar refractivity (Wildman–Crippen MR) is 115 cm³/mol. The monoisotopic (exact) mass is 454 g/mol. The largest absolute Gasteiger partial charge is 0.493 e. The molecule has 2 N–H and O–H groups in total. The molecule has 1 aliphatic heterocycles. The fraction of sp³-hybridized carbons (Fsp3) is 0.130. The molecule has 2 aromatic carbocycles. The molecule has 9 nitrogen and oxygen atoms in total. The molecule has 3 rings (SSSR count). The second kappa shape index (κ2) is 9.77. The number of ether oxygens (including phenoxy) is 2. The Balaban J connectivity index is 2.07. The number of benzene rings is 2. The first kappa shape index (κ1) is 23.2. The lowest BCUT2D eigenvalue weighted by Gasteiger charge is -2.26. The van der Waals surface area contributed by atoms with Gasteiger partial charge in [0, 0.05) is 5.56 Å². The van der Waals surface area contributed by atoms with E-state index in [1.165, 1.54) is 37.5 Å². The van der Waals surface area contributed by atoms with Crippen LogP contribution in [0.4, 0.5) is 14.9 Å². The average molecular weight is 454 g/mol. The zero-order valence-corrected chi connectivity index (χ0v) is 17.5. The van der Waals surface area contributed by atoms with Crippen LogP contribution < -0.4 is 19.7 Å². The van der Waals surface area contributed by atoms with Crippen molar-refractivity contribution in [2.45, 2.75) is 6.42 Å². The quantitative estimate of drug-likeness (QED) is 0.357. The number of carbonyl (C=O) groups is 4. The zero-order chi connectivity index (χ0) is 24.1. The van der Waals surface area contributed by atoms with Gasteiger partial charge in [0.05, 0.1) is 12.8 Å². The van der Waals surface area contributed by atoms with Crippen LogP contribution in [0.1, 0.15) is 11.1 Å². The summed E-state index contributed by atoms with van der Waals surface area (Å²) in [5.41, 5.74) is 0.0975. The molecular weight excluding hydrogens is 435 g/mol. The number of hydrogen-bond acceptors (Lipinski definition) is 6. The molecule has 0 radical (unpaired) electrons. The first-order chi connectivity index (χ1) is 15.8. The number of carboxylic acids is 1. The summed E-state index contributed by atoms with van der Waals surface area (Å²) in [7, 11) is 1.34. The van der Waals surface area contributed by atoms with Gasteiger partial charge in [-0.25, -0.2) is 18.9 Å². The van der Waals surface area contributed by atoms with E-state index >= 15 is 0 Å². The molecule has 0 spiro atoms. The van der Waals surface area contributed by atoms with Gasteiger partial charge in [0.15, 0.2) is 18.1 Å². The number of halogens is 1. The summed E-state index contributed by atoms with van der Waals surface area (Å²) in [4.78, 5) is 49.1. The van der Waals surface area contributed by atoms with Gasteiger partial charge in [0.25, 0.3) is 11.8 Å². The number of anilines is 1. The Labute approximate surface area is 187 Å². The Morgan fingerprint density at radius 1 is 1.24 bits per heavy atom. The van der Waals surface area contributed by atoms with Gasteiger partial charge in [-0.3, -0.25) is 14.9 Å². The first-order valence-electron chi connectivity index (χ1n) is 9.59. The van der Waals surface area contributed by atoms with Gasteiger partial charge in [0.1, 0.15) is 11.4 Å². The van der Waals surface area contributed by atoms with Gasteiger partial charge in [0.2, 0.25) is 0 Å². The molecule has 0 aliphatic carbocycles. The van der Waals surface area contributed by atoms with Crippen molar-refractivity contribution < 1.29 is 38.1 Å². The van der Waals surface area contributed by atoms with Crippen molar-refractivity contribution >= 4 is 35.6 Å². The Morgan fingerprint density at radius 2 is 1.97 bits per heavy atom. The number of aliphatic carboxylic acids is 1. The summed E-state index contributed by atoms with van der Waals surface area (Å²) in [5.74, 6) is -3.63. The maximum absolute atomic E-state index is 14.2. The Morgan fingerprint density at radius 3 is 2.61 bits per heavy atom. The highest BCUT2D eigenvalue weighted by molar-refractivity contribution is 6.39. The van der Waals surface area contributed by atoms with Crippen molar-refractivity contribution in [1.29, 1.82) is 0 Å². The number of imide groups is 2. The number of para-hydroxylation sites is 1. The van der Waals surface area contributed by atoms with Gasteiger partial charge < -0.3 is 14.6 Å². The molecule has 1 fully saturated rings. The maximum Gasteiger partial charge on any atom is 0.341 e. The average Bonchev–Trinajstić information content (AvgIpc) is 2.76. The molecule has 170 valence electrons. The molecule has 0 unspecified atom stereocenters. The number of rotatable bonds is 8. The number of urea groups is 1. The number of barbiturate groups is 1. The highest BCUT2D eigenvalue weighted by atomic mass is 19.1. The van der Waals surface area contributed by atoms with Crippen LogP contribution in [0, 0.1) is 5.82 Å². The number of methoxy groups -OCH3 is 1. The third-order valence-corrected chi connectivity index (χ3v) is 4.58. The minimum atomic E-state index is -1.19. The molecule has 2 aromatic rings. The van der Waals surface area contributed by atoms with Gasteiger partial charge in [-0.1, -0.05) is 18.2 Å². The maximum atomic E-state index is 14.2. The van der Waals surface area contributed by atoms with Crippen LogP contribution in [0.3, 0.4) is 0 Å². The van der Waals surface area contributed by atoms with Crippen LogP contribution in [0.25, 0.3) is 6.08 Å². The van der Waals surface area contributed by atoms with E-state index in [-0.39, 0.29) is 23.6 Å². The molecular formula is C23H19FN2O7. The minimum absolute atomic E-state index is 0.160. The molecule has 0 bridgehead atoms. The SMILES string of the molecule is C=CCc1cc(/C=C2\C(=O)NC(=O)N(c3ccccc3F)C2=O)cc(OC)c1OCC(=O)O. The molecule has 0 atom stereocenters. The summed E-state index contributed by atoms with van der Waals surface area (Å²) in [5, 5.41) is 10.9. The van der Waals surface area contributed by atoms with Gasteiger partial charge in [-0.2, -0.15) is 0 Å². The molecule has 4 amide bonds. The van der Waals surface area contributed by atoms with Crippen LogP contribution in [0.2, 0.25) is 0 Å². The summed E-state index contributed by atoms with van der Waals surface area (Å²) in [6, 6.07) is 7.07. The molecule has 1 heterocycles. The molecule has 1 saturated heterocycles. The van der Waals surface area contributed by atoms with Crippen molar-refractivity contribution in [2.75, 3.05) is 18.6 Å². The van der Waals surface area contributed by atoms with Crippen molar-refractivity contribution in [1.82, 2.24) is 5.32 Å². The van der Waals surface area contributed by atoms with Crippen LogP contribution in [-0.4, -0.2) is 42.6 Å². The Bertz CT molecular complexity index is 1190. The normalized spacial score (nSPS) is 14.8. The summed E-state index contributed by atoms with van der Waals surface area (Å²) >= 11 is 0. The smallest absolute Gasteiger partial charge is 0.341 e. The van der Waals surface area contributed by atoms with E-state index < -0.39 is 41.8 Å². The summed E-state index contributed by atoms with van der Waals surface area (Å²) in [6.07, 6.45) is 3.03. The third kappa shape index (κ3) is 4.90. The number of carbonyl (C=O) groups excluding carboxylic acids is 3. The number of nitrogens with one attached hydrogen (secondary N) is 1. The van der Waals surface area contributed by atoms with E-state index in [0.717, 1.165) is 6.07 Å². The Kier molecular flexibility index (Phi) is 6.87. The van der Waals surface area contributed by atoms with E-state index in [2.05, 4.69) is 6.58 Å². The second-order valence-electron chi connectivity index (χ2n) is 6.80. The first-order valence-corrected chi connectivity index (χ1v) is 9.59. The van der Waals surface area contributed by atoms with Crippen LogP contribution in [0.5, 0.6) is 11.5 Å². The van der Waals surface area contributed by atoms with E-state index in [0.29, 0.717) is 16.0 Å². The van der Waals surface area contributed by atoms with Gasteiger partial charge >= 0.3 is 12.0 Å². The standard InChI is InChI=1S/C23H19FN2O7/c1-3-6-14-9-13(11-18(32-2)20(14)33-12-19(27)28)10-15-21(29)25-23(31)26(22(15)30)17-8-5-4-7-16(17)24/h3-5,7-11H,1,6,12H2,2H3,(H,27,28)(H,25,29,31)/b15-10+. The molecule has 10 heteroatoms. The second-order valence-corrected chi connectivity index (χ2v) is 6.80. The van der Waals surface area contributed by atoms with Gasteiger partial charge in [-0.15, -0.1) is 6.58 Å². The highest BCUT2D eigenvalue weighted by Crippen LogP contribution is 2.35. The summed E-state index contributed by atoms with van der Waals surface area (Å²) in [6.45, 7) is 3.04. The summed E-state index contributed by atoms with van der Waals surface area (Å²) < 4.78 is 24.8. The van der Waals surface area contributed by atoms with Crippen LogP contribution >= 0.6 is 0 Å². The highest BCUT2D eigenvalue weighted by Gasteiger charge is 2.38. The number of amides is 4. The molecule has 1 aliphatic rings. The third-order valence-electron chi connectivity index (χ3n) is 4.58. The predicted octanol–water partition coefficient (Wildman–Crippen LogP) is 2.69. The van der Waals surface area contributed by atoms with Crippen LogP contribution in [0.15, 0.2) is 54.6 Å². The molecule has 33 heavy (non-hydrogen) atoms. The zero-order valence-electron chi connectivity index (χ0n) is 17.5. The molecule has 0 aromatic heterocycles. The van der Waals surface area contributed by atoms with Crippen molar-refractivity contribution in [2.24, 2.45) is 0 Å². The number of allylic oxidation sites excluding steroid dienone is 1. The van der Waals surface area contributed by atoms with Crippen molar-refractivity contribution in [3.8, 4) is 11.5 Å². The molecule has 0 saturated carbocycles. The van der Waals surface area contributed by atoms with E-state index in [1.54, 1.807) is 12.1 Å². The van der Waals surface area contributed by atoms with E-state index in [1.807, 2.05) is 5.32 Å². The van der Waals surface area contributed by atoms with Crippen molar-refractivity contribution in [3.63, 3.8) is 0 Å². The minimum Gasteiger partial charge on any atom is -0.493 e. The number of hydrogen-bond donors (Lipinski definition) is 2.